The number of hydrogen-bond acceptors (Lipinski definition) is 4. The molecule has 0 saturated heterocycles. The fraction of sp³-hybridized carbons (Fsp3) is 1.00. The first-order chi connectivity index (χ1) is 8.98. The lowest BCUT2D eigenvalue weighted by atomic mass is 9.90. The number of rotatable bonds is 8. The monoisotopic (exact) mass is 290 g/mol. The van der Waals surface area contributed by atoms with Crippen LogP contribution in [0, 0.1) is 0 Å². The van der Waals surface area contributed by atoms with E-state index in [0.717, 1.165) is 6.54 Å². The molecule has 1 aliphatic carbocycles. The average Bonchev–Trinajstić information content (AvgIpc) is 2.43. The Bertz CT molecular complexity index is 335. The summed E-state index contributed by atoms with van der Waals surface area (Å²) in [6.07, 6.45) is 5.99. The molecule has 114 valence electrons. The molecular formula is C14H30N2O2S. The van der Waals surface area contributed by atoms with Gasteiger partial charge in [-0.05, 0) is 45.7 Å². The fourth-order valence-corrected chi connectivity index (χ4v) is 3.53. The van der Waals surface area contributed by atoms with E-state index in [4.69, 9.17) is 0 Å². The van der Waals surface area contributed by atoms with E-state index in [1.807, 2.05) is 0 Å². The molecule has 0 aromatic heterocycles. The summed E-state index contributed by atoms with van der Waals surface area (Å²) in [6, 6.07) is 1.23. The molecule has 1 N–H and O–H groups in total. The molecule has 5 heteroatoms. The van der Waals surface area contributed by atoms with Crippen LogP contribution in [0.25, 0.3) is 0 Å². The van der Waals surface area contributed by atoms with Gasteiger partial charge in [0, 0.05) is 24.4 Å². The van der Waals surface area contributed by atoms with Crippen molar-refractivity contribution in [3.8, 4) is 0 Å². The molecule has 4 nitrogen and oxygen atoms in total. The van der Waals surface area contributed by atoms with Gasteiger partial charge in [-0.1, -0.05) is 13.8 Å². The second-order valence-electron chi connectivity index (χ2n) is 5.68. The summed E-state index contributed by atoms with van der Waals surface area (Å²) in [4.78, 5) is 2.24. The highest BCUT2D eigenvalue weighted by molar-refractivity contribution is 7.91. The highest BCUT2D eigenvalue weighted by atomic mass is 32.2. The molecule has 1 saturated carbocycles. The zero-order chi connectivity index (χ0) is 14.3. The van der Waals surface area contributed by atoms with Gasteiger partial charge in [-0.3, -0.25) is 0 Å². The normalized spacial score (nSPS) is 24.8. The van der Waals surface area contributed by atoms with Crippen molar-refractivity contribution in [2.45, 2.75) is 58.0 Å². The molecule has 0 radical (unpaired) electrons. The molecular weight excluding hydrogens is 260 g/mol. The van der Waals surface area contributed by atoms with E-state index in [-0.39, 0.29) is 5.75 Å². The van der Waals surface area contributed by atoms with Crippen LogP contribution < -0.4 is 5.32 Å². The summed E-state index contributed by atoms with van der Waals surface area (Å²) in [6.45, 7) is 5.70. The van der Waals surface area contributed by atoms with E-state index in [1.165, 1.54) is 32.1 Å². The first-order valence-electron chi connectivity index (χ1n) is 7.62. The third kappa shape index (κ3) is 6.23. The lowest BCUT2D eigenvalue weighted by Gasteiger charge is -2.35. The summed E-state index contributed by atoms with van der Waals surface area (Å²) < 4.78 is 23.0. The molecule has 1 aliphatic rings. The van der Waals surface area contributed by atoms with Gasteiger partial charge in [0.1, 0.15) is 0 Å². The summed E-state index contributed by atoms with van der Waals surface area (Å²) >= 11 is 0. The predicted octanol–water partition coefficient (Wildman–Crippen LogP) is 1.66. The van der Waals surface area contributed by atoms with E-state index in [9.17, 15) is 8.42 Å². The largest absolute Gasteiger partial charge is 0.314 e. The Morgan fingerprint density at radius 2 is 1.79 bits per heavy atom. The molecule has 1 rings (SSSR count). The van der Waals surface area contributed by atoms with Gasteiger partial charge in [0.25, 0.3) is 0 Å². The Balaban J connectivity index is 2.27. The van der Waals surface area contributed by atoms with Gasteiger partial charge in [-0.25, -0.2) is 8.42 Å². The minimum absolute atomic E-state index is 0.258. The minimum atomic E-state index is -2.83. The second-order valence-corrected chi connectivity index (χ2v) is 8.15. The highest BCUT2D eigenvalue weighted by Crippen LogP contribution is 2.22. The zero-order valence-electron chi connectivity index (χ0n) is 12.7. The van der Waals surface area contributed by atoms with Crippen molar-refractivity contribution in [3.05, 3.63) is 0 Å². The zero-order valence-corrected chi connectivity index (χ0v) is 13.5. The average molecular weight is 290 g/mol. The standard InChI is InChI=1S/C14H30N2O2S/c1-4-10-15-13-6-8-14(9-7-13)16(3)11-12-19(17,18)5-2/h13-15H,4-12H2,1-3H3. The van der Waals surface area contributed by atoms with Gasteiger partial charge in [0.2, 0.25) is 0 Å². The summed E-state index contributed by atoms with van der Waals surface area (Å²) in [7, 11) is -0.765. The number of nitrogens with zero attached hydrogens (tertiary/aromatic N) is 1. The van der Waals surface area contributed by atoms with E-state index >= 15 is 0 Å². The molecule has 19 heavy (non-hydrogen) atoms. The molecule has 0 unspecified atom stereocenters. The van der Waals surface area contributed by atoms with Crippen molar-refractivity contribution >= 4 is 9.84 Å². The van der Waals surface area contributed by atoms with Crippen LogP contribution in [0.15, 0.2) is 0 Å². The van der Waals surface area contributed by atoms with Crippen molar-refractivity contribution in [3.63, 3.8) is 0 Å². The topological polar surface area (TPSA) is 49.4 Å². The van der Waals surface area contributed by atoms with Crippen LogP contribution in [0.1, 0.15) is 46.0 Å². The fourth-order valence-electron chi connectivity index (χ4n) is 2.68. The van der Waals surface area contributed by atoms with E-state index < -0.39 is 9.84 Å². The Morgan fingerprint density at radius 1 is 1.16 bits per heavy atom. The van der Waals surface area contributed by atoms with E-state index in [1.54, 1.807) is 6.92 Å². The van der Waals surface area contributed by atoms with Crippen molar-refractivity contribution < 1.29 is 8.42 Å². The molecule has 1 fully saturated rings. The Labute approximate surface area is 118 Å². The minimum Gasteiger partial charge on any atom is -0.314 e. The number of sulfone groups is 1. The lowest BCUT2D eigenvalue weighted by Crippen LogP contribution is -2.42. The smallest absolute Gasteiger partial charge is 0.151 e. The van der Waals surface area contributed by atoms with E-state index in [0.29, 0.717) is 24.4 Å². The number of nitrogens with one attached hydrogen (secondary N) is 1. The third-order valence-electron chi connectivity index (χ3n) is 4.20. The maximum absolute atomic E-state index is 11.5. The third-order valence-corrected chi connectivity index (χ3v) is 5.88. The van der Waals surface area contributed by atoms with Crippen LogP contribution in [-0.2, 0) is 9.84 Å². The van der Waals surface area contributed by atoms with Crippen molar-refractivity contribution in [1.82, 2.24) is 10.2 Å². The molecule has 0 aromatic rings. The quantitative estimate of drug-likeness (QED) is 0.739. The molecule has 0 aliphatic heterocycles. The second kappa shape index (κ2) is 8.22. The maximum Gasteiger partial charge on any atom is 0.151 e. The van der Waals surface area contributed by atoms with Crippen molar-refractivity contribution in [1.29, 1.82) is 0 Å². The first kappa shape index (κ1) is 16.9. The Hall–Kier alpha value is -0.130. The van der Waals surface area contributed by atoms with Crippen LogP contribution >= 0.6 is 0 Å². The van der Waals surface area contributed by atoms with Gasteiger partial charge in [-0.2, -0.15) is 0 Å². The molecule has 0 bridgehead atoms. The lowest BCUT2D eigenvalue weighted by molar-refractivity contribution is 0.182. The van der Waals surface area contributed by atoms with Gasteiger partial charge in [0.15, 0.2) is 9.84 Å². The summed E-state index contributed by atoms with van der Waals surface area (Å²) in [5, 5.41) is 3.58. The molecule has 0 spiro atoms. The van der Waals surface area contributed by atoms with E-state index in [2.05, 4.69) is 24.2 Å². The van der Waals surface area contributed by atoms with Gasteiger partial charge < -0.3 is 10.2 Å². The molecule has 0 heterocycles. The van der Waals surface area contributed by atoms with Gasteiger partial charge in [0.05, 0.1) is 5.75 Å². The summed E-state index contributed by atoms with van der Waals surface area (Å²) in [5.41, 5.74) is 0. The maximum atomic E-state index is 11.5. The molecule has 0 amide bonds. The molecule has 0 atom stereocenters. The first-order valence-corrected chi connectivity index (χ1v) is 9.44. The van der Waals surface area contributed by atoms with Crippen LogP contribution in [0.2, 0.25) is 0 Å². The van der Waals surface area contributed by atoms with Crippen LogP contribution in [0.3, 0.4) is 0 Å². The molecule has 0 aromatic carbocycles. The Kier molecular flexibility index (Phi) is 7.32. The highest BCUT2D eigenvalue weighted by Gasteiger charge is 2.24. The van der Waals surface area contributed by atoms with Gasteiger partial charge >= 0.3 is 0 Å². The van der Waals surface area contributed by atoms with Crippen molar-refractivity contribution in [2.24, 2.45) is 0 Å². The number of hydrogen-bond donors (Lipinski definition) is 1. The predicted molar refractivity (Wildman–Crippen MR) is 81.3 cm³/mol. The summed E-state index contributed by atoms with van der Waals surface area (Å²) in [5.74, 6) is 0.558. The SMILES string of the molecule is CCCNC1CCC(N(C)CCS(=O)(=O)CC)CC1. The van der Waals surface area contributed by atoms with Crippen LogP contribution in [0.4, 0.5) is 0 Å². The van der Waals surface area contributed by atoms with Gasteiger partial charge in [-0.15, -0.1) is 0 Å². The Morgan fingerprint density at radius 3 is 2.32 bits per heavy atom. The van der Waals surface area contributed by atoms with Crippen molar-refractivity contribution in [2.75, 3.05) is 31.6 Å². The van der Waals surface area contributed by atoms with Crippen LogP contribution in [0.5, 0.6) is 0 Å². The van der Waals surface area contributed by atoms with Crippen LogP contribution in [-0.4, -0.2) is 57.0 Å².